The lowest BCUT2D eigenvalue weighted by molar-refractivity contribution is -0.321. The minimum Gasteiger partial charge on any atom is -0.499 e. The van der Waals surface area contributed by atoms with Gasteiger partial charge in [-0.05, 0) is 125 Å². The fraction of sp³-hybridized carbons (Fsp3) is 0.764. The molecule has 1 unspecified atom stereocenters. The van der Waals surface area contributed by atoms with Gasteiger partial charge in [0.1, 0.15) is 54.5 Å². The first-order chi connectivity index (χ1) is 35.1. The molecule has 0 bridgehead atoms. The Morgan fingerprint density at radius 1 is 0.973 bits per heavy atom. The summed E-state index contributed by atoms with van der Waals surface area (Å²) >= 11 is 0. The molecule has 4 aliphatic heterocycles. The minimum atomic E-state index is -1.85. The van der Waals surface area contributed by atoms with Crippen LogP contribution in [-0.4, -0.2) is 197 Å². The molecular formula is C55H87N3O17. The van der Waals surface area contributed by atoms with Gasteiger partial charge in [0.25, 0.3) is 0 Å². The predicted octanol–water partition coefficient (Wildman–Crippen LogP) is 4.10. The van der Waals surface area contributed by atoms with E-state index in [-0.39, 0.29) is 61.5 Å². The molecule has 0 radical (unpaired) electrons. The number of hydrogen-bond donors (Lipinski definition) is 5. The van der Waals surface area contributed by atoms with Crippen molar-refractivity contribution >= 4 is 22.8 Å². The fourth-order valence-electron chi connectivity index (χ4n) is 11.9. The molecule has 3 saturated heterocycles. The number of pyridine rings is 1. The Balaban J connectivity index is 1.21. The van der Waals surface area contributed by atoms with E-state index in [1.165, 1.54) is 19.4 Å². The number of aliphatic hydroxyl groups excluding tert-OH is 2. The molecule has 75 heavy (non-hydrogen) atoms. The summed E-state index contributed by atoms with van der Waals surface area (Å²) in [4.78, 5) is 43.3. The van der Waals surface area contributed by atoms with Crippen molar-refractivity contribution in [1.82, 2.24) is 14.4 Å². The molecule has 3 fully saturated rings. The van der Waals surface area contributed by atoms with E-state index < -0.39 is 107 Å². The molecule has 1 aromatic heterocycles. The first kappa shape index (κ1) is 60.5. The van der Waals surface area contributed by atoms with Crippen molar-refractivity contribution < 1.29 is 77.8 Å². The van der Waals surface area contributed by atoms with Gasteiger partial charge in [0.15, 0.2) is 12.6 Å². The standard InChI is InChI=1S/C55H87N3O17/c1-15-41-55(10,66)47(61)34(6)57(13)28-30(2)26-53(8,65)48(75-52-45(60)39(56(11)12)23-31(3)71-52)32(4)46(33(5)51(64)73-41)74-42-27-54(9,67-14)49(35(7)72-42)70-22-21-68-19-16-17-36-24-37-43-40(25-36)69-20-18-58(43)29-38(44(37)59)50(62)63/h16,19,24-25,29-35,39,41-42,45-49,52,60-61,65-66H,15,17-18,20-23,26-28H2,1-14H3,(H,62,63)/b19-16+/t30-,31-,32+,33-,34-,35+,39+,41-,42?,45-,46+,47+,48-,49+,52+,53-,54-,55-/m1/s1. The van der Waals surface area contributed by atoms with Crippen LogP contribution in [0.2, 0.25) is 0 Å². The number of cyclic esters (lactones) is 1. The maximum Gasteiger partial charge on any atom is 0.341 e. The highest BCUT2D eigenvalue weighted by Gasteiger charge is 2.53. The van der Waals surface area contributed by atoms with Crippen LogP contribution in [0.1, 0.15) is 111 Å². The van der Waals surface area contributed by atoms with Crippen molar-refractivity contribution in [3.8, 4) is 5.75 Å². The molecule has 0 aliphatic carbocycles. The van der Waals surface area contributed by atoms with E-state index >= 15 is 0 Å². The van der Waals surface area contributed by atoms with Gasteiger partial charge in [0.05, 0.1) is 71.9 Å². The van der Waals surface area contributed by atoms with Crippen molar-refractivity contribution in [3.05, 3.63) is 52.0 Å². The average Bonchev–Trinajstić information content (AvgIpc) is 3.34. The summed E-state index contributed by atoms with van der Waals surface area (Å²) in [5.74, 6) is -3.53. The molecule has 20 nitrogen and oxygen atoms in total. The second kappa shape index (κ2) is 24.9. The summed E-state index contributed by atoms with van der Waals surface area (Å²) in [6, 6.07) is 2.64. The number of ether oxygens (including phenoxy) is 9. The third kappa shape index (κ3) is 13.6. The van der Waals surface area contributed by atoms with E-state index in [0.29, 0.717) is 43.8 Å². The molecular weight excluding hydrogens is 975 g/mol. The number of aromatic nitrogens is 1. The molecule has 18 atom stereocenters. The summed E-state index contributed by atoms with van der Waals surface area (Å²) in [5, 5.41) is 58.0. The third-order valence-electron chi connectivity index (χ3n) is 16.2. The Kier molecular flexibility index (Phi) is 20.1. The number of likely N-dealkylation sites (N-methyl/N-ethyl adjacent to an activating group) is 2. The van der Waals surface area contributed by atoms with Gasteiger partial charge >= 0.3 is 11.9 Å². The number of aromatic carboxylic acids is 1. The van der Waals surface area contributed by atoms with Crippen LogP contribution in [0, 0.1) is 17.8 Å². The number of rotatable bonds is 15. The number of allylic oxidation sites excluding steroid dienone is 1. The molecule has 0 amide bonds. The van der Waals surface area contributed by atoms with Crippen molar-refractivity contribution in [2.24, 2.45) is 17.8 Å². The Bertz CT molecular complexity index is 2340. The zero-order chi connectivity index (χ0) is 55.5. The number of benzene rings is 1. The number of carbonyl (C=O) groups is 2. The molecule has 2 aromatic rings. The fourth-order valence-corrected chi connectivity index (χ4v) is 11.9. The molecule has 5 N–H and O–H groups in total. The number of aliphatic hydroxyl groups is 4. The average molecular weight is 1060 g/mol. The number of esters is 1. The molecule has 1 aromatic carbocycles. The zero-order valence-electron chi connectivity index (χ0n) is 46.6. The first-order valence-corrected chi connectivity index (χ1v) is 26.6. The van der Waals surface area contributed by atoms with Crippen LogP contribution in [0.3, 0.4) is 0 Å². The van der Waals surface area contributed by atoms with E-state index in [2.05, 4.69) is 0 Å². The van der Waals surface area contributed by atoms with E-state index in [1.807, 2.05) is 71.6 Å². The monoisotopic (exact) mass is 1060 g/mol. The summed E-state index contributed by atoms with van der Waals surface area (Å²) in [6.07, 6.45) is -3.18. The molecule has 6 rings (SSSR count). The molecule has 424 valence electrons. The lowest BCUT2D eigenvalue weighted by Gasteiger charge is -2.49. The quantitative estimate of drug-likeness (QED) is 0.0957. The van der Waals surface area contributed by atoms with Gasteiger partial charge in [-0.15, -0.1) is 0 Å². The second-order valence-electron chi connectivity index (χ2n) is 22.7. The van der Waals surface area contributed by atoms with Gasteiger partial charge in [0.2, 0.25) is 5.43 Å². The smallest absolute Gasteiger partial charge is 0.341 e. The lowest BCUT2D eigenvalue weighted by atomic mass is 9.77. The van der Waals surface area contributed by atoms with Crippen LogP contribution in [0.4, 0.5) is 0 Å². The highest BCUT2D eigenvalue weighted by molar-refractivity contribution is 5.94. The molecule has 0 saturated carbocycles. The topological polar surface area (TPSA) is 247 Å². The van der Waals surface area contributed by atoms with E-state index in [0.717, 1.165) is 5.56 Å². The Labute approximate surface area is 442 Å². The van der Waals surface area contributed by atoms with Crippen LogP contribution >= 0.6 is 0 Å². The van der Waals surface area contributed by atoms with Crippen LogP contribution < -0.4 is 10.2 Å². The number of nitrogens with zero attached hydrogens (tertiary/aromatic N) is 3. The molecule has 20 heteroatoms. The third-order valence-corrected chi connectivity index (χ3v) is 16.2. The van der Waals surface area contributed by atoms with Gasteiger partial charge in [0, 0.05) is 44.3 Å². The van der Waals surface area contributed by atoms with Gasteiger partial charge in [-0.2, -0.15) is 0 Å². The Morgan fingerprint density at radius 2 is 1.68 bits per heavy atom. The maximum atomic E-state index is 14.6. The summed E-state index contributed by atoms with van der Waals surface area (Å²) in [7, 11) is 7.17. The predicted molar refractivity (Wildman–Crippen MR) is 277 cm³/mol. The SMILES string of the molecule is CC[C@H]1OC(=O)[C@H](C)[C@@H](OC2C[C@@](C)(OC)[C@@H](OCCO/C=C/Cc3cc4c5c(c3)c(=O)c(C(=O)O)cn5CCO4)[C@H](C)O2)[C@H](C)[C@@H](O[C@@H]2O[C@H](C)C[C@H](N(C)C)[C@H]2O)[C@](C)(O)C[C@@H](C)CN(C)[C@H](C)[C@H](O)[C@]1(C)O. The van der Waals surface area contributed by atoms with Crippen LogP contribution in [-0.2, 0) is 55.7 Å². The van der Waals surface area contributed by atoms with Crippen LogP contribution in [0.15, 0.2) is 35.5 Å². The summed E-state index contributed by atoms with van der Waals surface area (Å²) in [6.45, 7) is 19.3. The number of methoxy groups -OCH3 is 1. The number of carboxylic acids is 1. The normalized spacial score (nSPS) is 38.7. The number of carbonyl (C=O) groups excluding carboxylic acids is 1. The van der Waals surface area contributed by atoms with E-state index in [4.69, 9.17) is 42.6 Å². The largest absolute Gasteiger partial charge is 0.499 e. The highest BCUT2D eigenvalue weighted by Crippen LogP contribution is 2.41. The van der Waals surface area contributed by atoms with Gasteiger partial charge in [-0.3, -0.25) is 9.59 Å². The van der Waals surface area contributed by atoms with Crippen LogP contribution in [0.25, 0.3) is 10.9 Å². The van der Waals surface area contributed by atoms with Crippen molar-refractivity contribution in [1.29, 1.82) is 0 Å². The highest BCUT2D eigenvalue weighted by atomic mass is 16.7. The lowest BCUT2D eigenvalue weighted by Crippen LogP contribution is -2.61. The maximum absolute atomic E-state index is 14.6. The van der Waals surface area contributed by atoms with Gasteiger partial charge in [-0.1, -0.05) is 20.8 Å². The van der Waals surface area contributed by atoms with Crippen molar-refractivity contribution in [2.45, 2.75) is 198 Å². The van der Waals surface area contributed by atoms with Gasteiger partial charge in [-0.25, -0.2) is 4.79 Å². The molecule has 4 aliphatic rings. The molecule has 5 heterocycles. The van der Waals surface area contributed by atoms with Crippen molar-refractivity contribution in [3.63, 3.8) is 0 Å². The number of hydrogen-bond acceptors (Lipinski definition) is 18. The number of carboxylic acid groups (broad SMARTS) is 1. The van der Waals surface area contributed by atoms with Crippen LogP contribution in [0.5, 0.6) is 5.75 Å². The molecule has 0 spiro atoms. The van der Waals surface area contributed by atoms with Crippen molar-refractivity contribution in [2.75, 3.05) is 54.6 Å². The second-order valence-corrected chi connectivity index (χ2v) is 22.7. The van der Waals surface area contributed by atoms with E-state index in [1.54, 1.807) is 51.5 Å². The summed E-state index contributed by atoms with van der Waals surface area (Å²) in [5.41, 5.74) is -3.99. The first-order valence-electron chi connectivity index (χ1n) is 26.6. The Morgan fingerprint density at radius 3 is 2.33 bits per heavy atom. The van der Waals surface area contributed by atoms with E-state index in [9.17, 15) is 39.9 Å². The zero-order valence-corrected chi connectivity index (χ0v) is 46.6. The minimum absolute atomic E-state index is 0.148. The Hall–Kier alpha value is -3.77. The van der Waals surface area contributed by atoms with Gasteiger partial charge < -0.3 is 82.5 Å². The summed E-state index contributed by atoms with van der Waals surface area (Å²) < 4.78 is 58.8.